The first-order chi connectivity index (χ1) is 19.7. The lowest BCUT2D eigenvalue weighted by atomic mass is 10.1. The molecule has 0 aliphatic rings. The lowest BCUT2D eigenvalue weighted by Crippen LogP contribution is -2.18. The maximum Gasteiger partial charge on any atom is 0.416 e. The van der Waals surface area contributed by atoms with E-state index in [9.17, 15) is 22.8 Å². The minimum atomic E-state index is -4.57. The summed E-state index contributed by atoms with van der Waals surface area (Å²) in [7, 11) is 0. The highest BCUT2D eigenvalue weighted by Crippen LogP contribution is 2.30. The van der Waals surface area contributed by atoms with Crippen LogP contribution in [0, 0.1) is 6.92 Å². The zero-order chi connectivity index (χ0) is 29.0. The predicted octanol–water partition coefficient (Wildman–Crippen LogP) is 6.44. The van der Waals surface area contributed by atoms with E-state index in [1.807, 2.05) is 18.2 Å². The first kappa shape index (κ1) is 27.4. The van der Waals surface area contributed by atoms with Gasteiger partial charge in [-0.1, -0.05) is 18.2 Å². The van der Waals surface area contributed by atoms with Gasteiger partial charge in [0.2, 0.25) is 0 Å². The summed E-state index contributed by atoms with van der Waals surface area (Å²) in [6, 6.07) is 14.7. The number of rotatable bonds is 8. The Labute approximate surface area is 233 Å². The smallest absolute Gasteiger partial charge is 0.383 e. The number of alkyl halides is 3. The first-order valence-electron chi connectivity index (χ1n) is 12.7. The Kier molecular flexibility index (Phi) is 7.68. The van der Waals surface area contributed by atoms with Gasteiger partial charge in [-0.05, 0) is 66.9 Å². The molecule has 41 heavy (non-hydrogen) atoms. The zero-order valence-corrected chi connectivity index (χ0v) is 21.8. The van der Waals surface area contributed by atoms with Crippen molar-refractivity contribution in [3.63, 3.8) is 0 Å². The predicted molar refractivity (Wildman–Crippen MR) is 151 cm³/mol. The van der Waals surface area contributed by atoms with E-state index in [-0.39, 0.29) is 5.56 Å². The average Bonchev–Trinajstić information content (AvgIpc) is 3.44. The SMILES string of the molecule is Cc1ccc(NC(=O)c2cccc(C(F)(F)F)c2)cc1NC(=O)c1cnc2[nH]ccc2c1NCCc1cccnc1. The van der Waals surface area contributed by atoms with Crippen molar-refractivity contribution in [1.82, 2.24) is 15.0 Å². The highest BCUT2D eigenvalue weighted by Gasteiger charge is 2.31. The van der Waals surface area contributed by atoms with E-state index in [4.69, 9.17) is 0 Å². The number of amides is 2. The molecule has 0 aliphatic carbocycles. The van der Waals surface area contributed by atoms with Crippen molar-refractivity contribution in [3.8, 4) is 0 Å². The van der Waals surface area contributed by atoms with Crippen LogP contribution < -0.4 is 16.0 Å². The number of fused-ring (bicyclic) bond motifs is 1. The van der Waals surface area contributed by atoms with Crippen LogP contribution in [0.1, 0.15) is 37.4 Å². The molecule has 0 spiro atoms. The molecule has 8 nitrogen and oxygen atoms in total. The third kappa shape index (κ3) is 6.35. The van der Waals surface area contributed by atoms with Crippen LogP contribution >= 0.6 is 0 Å². The molecule has 208 valence electrons. The standard InChI is InChI=1S/C30H25F3N6O2/c1-18-7-8-22(38-28(40)20-5-2-6-21(14-20)30(31,32)33)15-25(18)39-29(41)24-17-37-27-23(10-13-36-27)26(24)35-12-9-19-4-3-11-34-16-19/h2-8,10-11,13-17H,9,12H2,1H3,(H,38,40)(H,39,41)(H2,35,36,37). The van der Waals surface area contributed by atoms with Gasteiger partial charge in [-0.2, -0.15) is 13.2 Å². The molecule has 0 bridgehead atoms. The summed E-state index contributed by atoms with van der Waals surface area (Å²) in [5.74, 6) is -1.13. The van der Waals surface area contributed by atoms with Crippen molar-refractivity contribution in [1.29, 1.82) is 0 Å². The Balaban J connectivity index is 1.34. The number of pyridine rings is 2. The van der Waals surface area contributed by atoms with Crippen LogP contribution in [0.4, 0.5) is 30.2 Å². The molecule has 0 atom stereocenters. The molecule has 5 aromatic rings. The number of nitrogens with one attached hydrogen (secondary N) is 4. The first-order valence-corrected chi connectivity index (χ1v) is 12.7. The molecule has 2 aromatic carbocycles. The lowest BCUT2D eigenvalue weighted by molar-refractivity contribution is -0.137. The van der Waals surface area contributed by atoms with Crippen LogP contribution in [0.2, 0.25) is 0 Å². The molecule has 0 fully saturated rings. The van der Waals surface area contributed by atoms with Gasteiger partial charge in [-0.25, -0.2) is 4.98 Å². The molecule has 3 heterocycles. The Morgan fingerprint density at radius 1 is 0.951 bits per heavy atom. The number of halogens is 3. The van der Waals surface area contributed by atoms with Gasteiger partial charge >= 0.3 is 6.18 Å². The maximum atomic E-state index is 13.5. The summed E-state index contributed by atoms with van der Waals surface area (Å²) >= 11 is 0. The molecular formula is C30H25F3N6O2. The van der Waals surface area contributed by atoms with Crippen molar-refractivity contribution < 1.29 is 22.8 Å². The van der Waals surface area contributed by atoms with E-state index in [0.29, 0.717) is 41.2 Å². The molecular weight excluding hydrogens is 533 g/mol. The summed E-state index contributed by atoms with van der Waals surface area (Å²) in [5.41, 5.74) is 3.00. The van der Waals surface area contributed by atoms with Gasteiger partial charge in [0.15, 0.2) is 0 Å². The molecule has 0 saturated carbocycles. The van der Waals surface area contributed by atoms with Crippen molar-refractivity contribution in [2.24, 2.45) is 0 Å². The third-order valence-electron chi connectivity index (χ3n) is 6.47. The van der Waals surface area contributed by atoms with Crippen LogP contribution in [0.5, 0.6) is 0 Å². The molecule has 2 amide bonds. The van der Waals surface area contributed by atoms with Gasteiger partial charge in [0.05, 0.1) is 16.8 Å². The fraction of sp³-hybridized carbons (Fsp3) is 0.133. The van der Waals surface area contributed by atoms with Crippen molar-refractivity contribution in [2.45, 2.75) is 19.5 Å². The number of anilines is 3. The van der Waals surface area contributed by atoms with Crippen molar-refractivity contribution >= 4 is 39.9 Å². The number of hydrogen-bond acceptors (Lipinski definition) is 5. The third-order valence-corrected chi connectivity index (χ3v) is 6.47. The van der Waals surface area contributed by atoms with E-state index in [2.05, 4.69) is 30.9 Å². The van der Waals surface area contributed by atoms with Gasteiger partial charge in [0.25, 0.3) is 11.8 Å². The van der Waals surface area contributed by atoms with Crippen LogP contribution in [0.25, 0.3) is 11.0 Å². The molecule has 3 aromatic heterocycles. The van der Waals surface area contributed by atoms with Gasteiger partial charge < -0.3 is 20.9 Å². The Bertz CT molecular complexity index is 1720. The largest absolute Gasteiger partial charge is 0.416 e. The number of hydrogen-bond donors (Lipinski definition) is 4. The maximum absolute atomic E-state index is 13.5. The zero-order valence-electron chi connectivity index (χ0n) is 21.8. The number of benzene rings is 2. The Hall–Kier alpha value is -5.19. The summed E-state index contributed by atoms with van der Waals surface area (Å²) < 4.78 is 39.2. The second-order valence-corrected chi connectivity index (χ2v) is 9.34. The number of carbonyl (C=O) groups is 2. The number of carbonyl (C=O) groups excluding carboxylic acids is 2. The molecule has 0 radical (unpaired) electrons. The Morgan fingerprint density at radius 3 is 2.59 bits per heavy atom. The Morgan fingerprint density at radius 2 is 1.80 bits per heavy atom. The highest BCUT2D eigenvalue weighted by molar-refractivity contribution is 6.12. The van der Waals surface area contributed by atoms with Crippen LogP contribution in [0.3, 0.4) is 0 Å². The van der Waals surface area contributed by atoms with Gasteiger partial charge in [-0.3, -0.25) is 14.6 Å². The number of aromatic amines is 1. The summed E-state index contributed by atoms with van der Waals surface area (Å²) in [5, 5.41) is 9.59. The molecule has 0 aliphatic heterocycles. The second kappa shape index (κ2) is 11.5. The fourth-order valence-corrected chi connectivity index (χ4v) is 4.31. The monoisotopic (exact) mass is 558 g/mol. The summed E-state index contributed by atoms with van der Waals surface area (Å²) in [6.45, 7) is 2.33. The quantitative estimate of drug-likeness (QED) is 0.175. The van der Waals surface area contributed by atoms with E-state index >= 15 is 0 Å². The average molecular weight is 559 g/mol. The number of aromatic nitrogens is 3. The van der Waals surface area contributed by atoms with E-state index < -0.39 is 23.6 Å². The fourth-order valence-electron chi connectivity index (χ4n) is 4.31. The number of H-pyrrole nitrogens is 1. The normalized spacial score (nSPS) is 11.3. The molecule has 4 N–H and O–H groups in total. The van der Waals surface area contributed by atoms with E-state index in [1.54, 1.807) is 43.7 Å². The van der Waals surface area contributed by atoms with E-state index in [1.165, 1.54) is 18.3 Å². The van der Waals surface area contributed by atoms with Crippen LogP contribution in [0.15, 0.2) is 85.5 Å². The van der Waals surface area contributed by atoms with Gasteiger partial charge in [0, 0.05) is 53.7 Å². The van der Waals surface area contributed by atoms with Gasteiger partial charge in [-0.15, -0.1) is 0 Å². The highest BCUT2D eigenvalue weighted by atomic mass is 19.4. The van der Waals surface area contributed by atoms with Gasteiger partial charge in [0.1, 0.15) is 5.65 Å². The molecule has 5 rings (SSSR count). The number of nitrogens with zero attached hydrogens (tertiary/aromatic N) is 2. The number of aryl methyl sites for hydroxylation is 1. The molecule has 11 heteroatoms. The van der Waals surface area contributed by atoms with Crippen LogP contribution in [-0.4, -0.2) is 33.3 Å². The minimum Gasteiger partial charge on any atom is -0.383 e. The van der Waals surface area contributed by atoms with Crippen molar-refractivity contribution in [3.05, 3.63) is 113 Å². The van der Waals surface area contributed by atoms with Crippen molar-refractivity contribution in [2.75, 3.05) is 22.5 Å². The topological polar surface area (TPSA) is 112 Å². The summed E-state index contributed by atoms with van der Waals surface area (Å²) in [6.07, 6.45) is 2.84. The lowest BCUT2D eigenvalue weighted by Gasteiger charge is -2.15. The second-order valence-electron chi connectivity index (χ2n) is 9.34. The van der Waals surface area contributed by atoms with Crippen LogP contribution in [-0.2, 0) is 12.6 Å². The molecule has 0 unspecified atom stereocenters. The molecule has 0 saturated heterocycles. The van der Waals surface area contributed by atoms with E-state index in [0.717, 1.165) is 28.6 Å². The summed E-state index contributed by atoms with van der Waals surface area (Å²) in [4.78, 5) is 37.7. The minimum absolute atomic E-state index is 0.140.